The lowest BCUT2D eigenvalue weighted by molar-refractivity contribution is -0.162. The summed E-state index contributed by atoms with van der Waals surface area (Å²) in [5, 5.41) is 4.10. The Labute approximate surface area is 176 Å². The molecular formula is C21H25ClN4O3. The van der Waals surface area contributed by atoms with E-state index in [1.54, 1.807) is 12.3 Å². The third-order valence-electron chi connectivity index (χ3n) is 5.60. The second-order valence-corrected chi connectivity index (χ2v) is 7.56. The van der Waals surface area contributed by atoms with E-state index < -0.39 is 5.54 Å². The van der Waals surface area contributed by atoms with E-state index in [1.807, 2.05) is 43.3 Å². The molecule has 0 saturated heterocycles. The van der Waals surface area contributed by atoms with Crippen LogP contribution in [0.25, 0.3) is 11.4 Å². The average molecular weight is 417 g/mol. The minimum atomic E-state index is -0.706. The van der Waals surface area contributed by atoms with E-state index in [9.17, 15) is 0 Å². The lowest BCUT2D eigenvalue weighted by Gasteiger charge is -2.56. The Morgan fingerprint density at radius 2 is 1.93 bits per heavy atom. The molecule has 2 heterocycles. The zero-order valence-electron chi connectivity index (χ0n) is 16.7. The van der Waals surface area contributed by atoms with Gasteiger partial charge in [-0.15, -0.1) is 12.4 Å². The van der Waals surface area contributed by atoms with Gasteiger partial charge in [0.25, 0.3) is 0 Å². The predicted molar refractivity (Wildman–Crippen MR) is 111 cm³/mol. The van der Waals surface area contributed by atoms with Gasteiger partial charge in [-0.3, -0.25) is 0 Å². The van der Waals surface area contributed by atoms with Crippen molar-refractivity contribution in [1.82, 2.24) is 15.1 Å². The summed E-state index contributed by atoms with van der Waals surface area (Å²) in [6.07, 6.45) is 2.39. The predicted octanol–water partition coefficient (Wildman–Crippen LogP) is 4.33. The van der Waals surface area contributed by atoms with Crippen molar-refractivity contribution in [3.8, 4) is 23.0 Å². The molecule has 4 rings (SSSR count). The van der Waals surface area contributed by atoms with Crippen LogP contribution < -0.4 is 10.5 Å². The highest BCUT2D eigenvalue weighted by Crippen LogP contribution is 2.55. The fraction of sp³-hybridized carbons (Fsp3) is 0.381. The molecule has 0 amide bonds. The first-order chi connectivity index (χ1) is 13.4. The highest BCUT2D eigenvalue weighted by Gasteiger charge is 2.62. The molecule has 3 aromatic rings. The largest absolute Gasteiger partial charge is 0.439 e. The van der Waals surface area contributed by atoms with Crippen molar-refractivity contribution in [2.45, 2.75) is 38.8 Å². The second kappa shape index (κ2) is 8.10. The van der Waals surface area contributed by atoms with Gasteiger partial charge in [-0.05, 0) is 25.1 Å². The lowest BCUT2D eigenvalue weighted by Crippen LogP contribution is -2.67. The fourth-order valence-corrected chi connectivity index (χ4v) is 3.50. The maximum Gasteiger partial charge on any atom is 0.247 e. The molecule has 1 aliphatic carbocycles. The number of aromatic nitrogens is 3. The van der Waals surface area contributed by atoms with Crippen molar-refractivity contribution in [3.63, 3.8) is 0 Å². The van der Waals surface area contributed by atoms with Crippen LogP contribution >= 0.6 is 12.4 Å². The minimum absolute atomic E-state index is 0. The zero-order chi connectivity index (χ0) is 19.8. The third-order valence-corrected chi connectivity index (χ3v) is 5.60. The van der Waals surface area contributed by atoms with Crippen molar-refractivity contribution in [2.75, 3.05) is 6.61 Å². The van der Waals surface area contributed by atoms with E-state index in [2.05, 4.69) is 29.0 Å². The van der Waals surface area contributed by atoms with Gasteiger partial charge in [0.05, 0.1) is 6.10 Å². The van der Waals surface area contributed by atoms with E-state index >= 15 is 0 Å². The molecule has 8 heteroatoms. The van der Waals surface area contributed by atoms with Gasteiger partial charge in [-0.1, -0.05) is 37.2 Å². The van der Waals surface area contributed by atoms with E-state index in [4.69, 9.17) is 19.7 Å². The first-order valence-electron chi connectivity index (χ1n) is 9.38. The summed E-state index contributed by atoms with van der Waals surface area (Å²) in [5.74, 6) is 2.10. The maximum absolute atomic E-state index is 6.61. The van der Waals surface area contributed by atoms with E-state index in [0.29, 0.717) is 30.6 Å². The third kappa shape index (κ3) is 3.73. The molecule has 29 heavy (non-hydrogen) atoms. The number of nitrogens with two attached hydrogens (primary N) is 1. The first kappa shape index (κ1) is 21.2. The van der Waals surface area contributed by atoms with Crippen LogP contribution in [-0.2, 0) is 10.3 Å². The molecule has 2 aromatic heterocycles. The second-order valence-electron chi connectivity index (χ2n) is 7.56. The van der Waals surface area contributed by atoms with Crippen molar-refractivity contribution >= 4 is 12.4 Å². The summed E-state index contributed by atoms with van der Waals surface area (Å²) < 4.78 is 17.0. The monoisotopic (exact) mass is 416 g/mol. The smallest absolute Gasteiger partial charge is 0.247 e. The van der Waals surface area contributed by atoms with E-state index in [-0.39, 0.29) is 23.9 Å². The molecule has 0 aliphatic heterocycles. The first-order valence-corrected chi connectivity index (χ1v) is 9.38. The lowest BCUT2D eigenvalue weighted by atomic mass is 9.54. The zero-order valence-corrected chi connectivity index (χ0v) is 17.5. The Morgan fingerprint density at radius 1 is 1.17 bits per heavy atom. The Morgan fingerprint density at radius 3 is 2.55 bits per heavy atom. The summed E-state index contributed by atoms with van der Waals surface area (Å²) in [6.45, 7) is 6.77. The molecular weight excluding hydrogens is 392 g/mol. The number of rotatable bonds is 6. The number of halogens is 1. The summed E-state index contributed by atoms with van der Waals surface area (Å²) in [4.78, 5) is 8.86. The maximum atomic E-state index is 6.61. The molecule has 2 atom stereocenters. The Bertz CT molecular complexity index is 946. The molecule has 2 unspecified atom stereocenters. The summed E-state index contributed by atoms with van der Waals surface area (Å²) in [6, 6.07) is 13.1. The normalized spacial score (nSPS) is 22.4. The van der Waals surface area contributed by atoms with Crippen LogP contribution in [0.1, 0.15) is 33.1 Å². The van der Waals surface area contributed by atoms with Crippen molar-refractivity contribution in [3.05, 3.63) is 54.6 Å². The number of benzene rings is 1. The molecule has 154 valence electrons. The quantitative estimate of drug-likeness (QED) is 0.638. The van der Waals surface area contributed by atoms with Crippen molar-refractivity contribution in [1.29, 1.82) is 0 Å². The Hall–Kier alpha value is -2.48. The van der Waals surface area contributed by atoms with Gasteiger partial charge in [-0.25, -0.2) is 4.98 Å². The van der Waals surface area contributed by atoms with Gasteiger partial charge in [0.1, 0.15) is 11.3 Å². The van der Waals surface area contributed by atoms with Gasteiger partial charge in [-0.2, -0.15) is 4.98 Å². The highest BCUT2D eigenvalue weighted by molar-refractivity contribution is 5.85. The Kier molecular flexibility index (Phi) is 5.93. The van der Waals surface area contributed by atoms with Crippen LogP contribution in [0.3, 0.4) is 0 Å². The standard InChI is InChI=1S/C21H24N4O3.ClH/c1-4-26-16-12-21(22,20(16,2)3)19-24-18(25-28-19)14-10-11-17(23-13-14)27-15-8-6-5-7-9-15;/h5-11,13,16H,4,12,22H2,1-3H3;1H. The van der Waals surface area contributed by atoms with Crippen LogP contribution in [0, 0.1) is 5.41 Å². The van der Waals surface area contributed by atoms with Gasteiger partial charge in [0, 0.05) is 36.3 Å². The van der Waals surface area contributed by atoms with E-state index in [1.165, 1.54) is 0 Å². The van der Waals surface area contributed by atoms with Crippen LogP contribution in [0.2, 0.25) is 0 Å². The number of pyridine rings is 1. The molecule has 2 N–H and O–H groups in total. The minimum Gasteiger partial charge on any atom is -0.439 e. The van der Waals surface area contributed by atoms with E-state index in [0.717, 1.165) is 11.3 Å². The number of hydrogen-bond acceptors (Lipinski definition) is 7. The molecule has 0 radical (unpaired) electrons. The number of nitrogens with zero attached hydrogens (tertiary/aromatic N) is 3. The van der Waals surface area contributed by atoms with Crippen LogP contribution in [0.4, 0.5) is 0 Å². The molecule has 1 saturated carbocycles. The molecule has 1 aliphatic rings. The SMILES string of the molecule is CCOC1CC(N)(c2nc(-c3ccc(Oc4ccccc4)nc3)no2)C1(C)C.Cl. The van der Waals surface area contributed by atoms with Gasteiger partial charge < -0.3 is 19.7 Å². The van der Waals surface area contributed by atoms with Crippen LogP contribution in [0.5, 0.6) is 11.6 Å². The molecule has 1 fully saturated rings. The average Bonchev–Trinajstić information content (AvgIpc) is 3.19. The van der Waals surface area contributed by atoms with Crippen LogP contribution in [-0.4, -0.2) is 27.8 Å². The van der Waals surface area contributed by atoms with Gasteiger partial charge in [0.2, 0.25) is 17.6 Å². The summed E-state index contributed by atoms with van der Waals surface area (Å²) in [5.41, 5.74) is 6.35. The number of para-hydroxylation sites is 1. The van der Waals surface area contributed by atoms with Crippen molar-refractivity contribution < 1.29 is 14.0 Å². The van der Waals surface area contributed by atoms with Gasteiger partial charge >= 0.3 is 0 Å². The number of ether oxygens (including phenoxy) is 2. The summed E-state index contributed by atoms with van der Waals surface area (Å²) in [7, 11) is 0. The van der Waals surface area contributed by atoms with Crippen molar-refractivity contribution in [2.24, 2.45) is 11.1 Å². The fourth-order valence-electron chi connectivity index (χ4n) is 3.50. The topological polar surface area (TPSA) is 96.3 Å². The molecule has 7 nitrogen and oxygen atoms in total. The highest BCUT2D eigenvalue weighted by atomic mass is 35.5. The molecule has 0 spiro atoms. The molecule has 0 bridgehead atoms. The van der Waals surface area contributed by atoms with Gasteiger partial charge in [0.15, 0.2) is 0 Å². The van der Waals surface area contributed by atoms with Crippen LogP contribution in [0.15, 0.2) is 53.2 Å². The summed E-state index contributed by atoms with van der Waals surface area (Å²) >= 11 is 0. The Balaban J connectivity index is 0.00000240. The molecule has 1 aromatic carbocycles. The number of hydrogen-bond donors (Lipinski definition) is 1.